The van der Waals surface area contributed by atoms with Gasteiger partial charge < -0.3 is 9.84 Å². The van der Waals surface area contributed by atoms with E-state index in [1.807, 2.05) is 19.1 Å². The smallest absolute Gasteiger partial charge is 0.307 e. The van der Waals surface area contributed by atoms with Crippen LogP contribution < -0.4 is 4.74 Å². The van der Waals surface area contributed by atoms with Crippen molar-refractivity contribution >= 4 is 5.97 Å². The molecule has 1 aromatic rings. The van der Waals surface area contributed by atoms with Crippen LogP contribution in [0.3, 0.4) is 0 Å². The Balaban J connectivity index is 2.52. The minimum absolute atomic E-state index is 0.0507. The summed E-state index contributed by atoms with van der Waals surface area (Å²) in [7, 11) is 0. The van der Waals surface area contributed by atoms with Crippen LogP contribution in [0.2, 0.25) is 0 Å². The molecule has 0 spiro atoms. The largest absolute Gasteiger partial charge is 0.490 e. The maximum atomic E-state index is 10.4. The van der Waals surface area contributed by atoms with Crippen molar-refractivity contribution in [2.45, 2.75) is 13.3 Å². The third kappa shape index (κ3) is 4.31. The van der Waals surface area contributed by atoms with Crippen LogP contribution in [0.4, 0.5) is 0 Å². The van der Waals surface area contributed by atoms with E-state index in [1.54, 1.807) is 24.3 Å². The number of hydrogen-bond donors (Lipinski definition) is 1. The van der Waals surface area contributed by atoms with Gasteiger partial charge in [-0.05, 0) is 24.6 Å². The first kappa shape index (κ1) is 11.3. The van der Waals surface area contributed by atoms with E-state index in [-0.39, 0.29) is 6.42 Å². The molecule has 0 heterocycles. The monoisotopic (exact) mass is 206 g/mol. The highest BCUT2D eigenvalue weighted by Crippen LogP contribution is 2.12. The topological polar surface area (TPSA) is 46.5 Å². The van der Waals surface area contributed by atoms with E-state index in [0.717, 1.165) is 11.3 Å². The molecule has 0 saturated carbocycles. The maximum absolute atomic E-state index is 10.4. The van der Waals surface area contributed by atoms with Crippen LogP contribution in [-0.2, 0) is 11.2 Å². The Labute approximate surface area is 89.0 Å². The molecule has 1 N–H and O–H groups in total. The Morgan fingerprint density at radius 2 is 2.07 bits per heavy atom. The summed E-state index contributed by atoms with van der Waals surface area (Å²) < 4.78 is 5.37. The van der Waals surface area contributed by atoms with E-state index in [4.69, 9.17) is 9.84 Å². The molecule has 0 aliphatic heterocycles. The molecule has 0 bridgehead atoms. The molecule has 0 aromatic heterocycles. The fourth-order valence-corrected chi connectivity index (χ4v) is 1.12. The lowest BCUT2D eigenvalue weighted by Crippen LogP contribution is -2.00. The number of ether oxygens (including phenoxy) is 1. The number of hydrogen-bond acceptors (Lipinski definition) is 2. The molecule has 0 unspecified atom stereocenters. The van der Waals surface area contributed by atoms with Gasteiger partial charge in [-0.2, -0.15) is 0 Å². The summed E-state index contributed by atoms with van der Waals surface area (Å²) in [4.78, 5) is 10.4. The average Bonchev–Trinajstić information content (AvgIpc) is 2.20. The van der Waals surface area contributed by atoms with Crippen LogP contribution in [0.5, 0.6) is 5.75 Å². The van der Waals surface area contributed by atoms with Crippen LogP contribution in [0.15, 0.2) is 36.4 Å². The molecule has 0 saturated heterocycles. The fraction of sp³-hybridized carbons (Fsp3) is 0.250. The number of carboxylic acids is 1. The molecule has 1 aromatic carbocycles. The number of allylic oxidation sites excluding steroid dienone is 1. The lowest BCUT2D eigenvalue weighted by atomic mass is 10.1. The zero-order valence-corrected chi connectivity index (χ0v) is 8.64. The summed E-state index contributed by atoms with van der Waals surface area (Å²) >= 11 is 0. The van der Waals surface area contributed by atoms with E-state index in [1.165, 1.54) is 0 Å². The molecule has 0 aliphatic rings. The second-order valence-electron chi connectivity index (χ2n) is 3.09. The molecular formula is C12H14O3. The van der Waals surface area contributed by atoms with Gasteiger partial charge in [0, 0.05) is 0 Å². The van der Waals surface area contributed by atoms with Gasteiger partial charge in [0.1, 0.15) is 12.4 Å². The van der Waals surface area contributed by atoms with E-state index in [0.29, 0.717) is 6.61 Å². The van der Waals surface area contributed by atoms with E-state index < -0.39 is 5.97 Å². The van der Waals surface area contributed by atoms with E-state index >= 15 is 0 Å². The molecule has 0 radical (unpaired) electrons. The second kappa shape index (κ2) is 5.86. The molecule has 15 heavy (non-hydrogen) atoms. The van der Waals surface area contributed by atoms with Crippen LogP contribution in [0.1, 0.15) is 12.5 Å². The van der Waals surface area contributed by atoms with Crippen LogP contribution in [0, 0.1) is 0 Å². The number of benzene rings is 1. The highest BCUT2D eigenvalue weighted by Gasteiger charge is 1.99. The van der Waals surface area contributed by atoms with Crippen molar-refractivity contribution in [3.63, 3.8) is 0 Å². The minimum atomic E-state index is -0.822. The van der Waals surface area contributed by atoms with Crippen molar-refractivity contribution < 1.29 is 14.6 Å². The van der Waals surface area contributed by atoms with E-state index in [9.17, 15) is 4.79 Å². The van der Waals surface area contributed by atoms with Crippen LogP contribution >= 0.6 is 0 Å². The molecular weight excluding hydrogens is 192 g/mol. The quantitative estimate of drug-likeness (QED) is 0.752. The summed E-state index contributed by atoms with van der Waals surface area (Å²) in [6.45, 7) is 2.47. The third-order valence-corrected chi connectivity index (χ3v) is 1.86. The summed E-state index contributed by atoms with van der Waals surface area (Å²) in [6.07, 6.45) is 3.87. The zero-order chi connectivity index (χ0) is 11.1. The van der Waals surface area contributed by atoms with Crippen molar-refractivity contribution in [2.75, 3.05) is 6.61 Å². The summed E-state index contributed by atoms with van der Waals surface area (Å²) in [5.41, 5.74) is 0.779. The van der Waals surface area contributed by atoms with Crippen molar-refractivity contribution in [2.24, 2.45) is 0 Å². The van der Waals surface area contributed by atoms with Gasteiger partial charge in [-0.1, -0.05) is 24.3 Å². The number of carbonyl (C=O) groups is 1. The van der Waals surface area contributed by atoms with Crippen molar-refractivity contribution in [3.05, 3.63) is 42.0 Å². The number of aliphatic carboxylic acids is 1. The predicted molar refractivity (Wildman–Crippen MR) is 58.1 cm³/mol. The molecule has 0 fully saturated rings. The number of rotatable bonds is 5. The maximum Gasteiger partial charge on any atom is 0.307 e. The molecule has 3 heteroatoms. The zero-order valence-electron chi connectivity index (χ0n) is 8.64. The predicted octanol–water partition coefficient (Wildman–Crippen LogP) is 2.27. The number of carboxylic acid groups (broad SMARTS) is 1. The molecule has 0 aliphatic carbocycles. The average molecular weight is 206 g/mol. The lowest BCUT2D eigenvalue weighted by Gasteiger charge is -2.03. The first-order valence-electron chi connectivity index (χ1n) is 4.77. The normalized spacial score (nSPS) is 10.5. The van der Waals surface area contributed by atoms with Gasteiger partial charge in [0.15, 0.2) is 0 Å². The lowest BCUT2D eigenvalue weighted by molar-refractivity contribution is -0.136. The second-order valence-corrected chi connectivity index (χ2v) is 3.09. The van der Waals surface area contributed by atoms with Crippen LogP contribution in [-0.4, -0.2) is 17.7 Å². The molecule has 0 amide bonds. The Bertz CT molecular complexity index is 338. The highest BCUT2D eigenvalue weighted by atomic mass is 16.5. The van der Waals surface area contributed by atoms with Gasteiger partial charge in [-0.3, -0.25) is 4.79 Å². The minimum Gasteiger partial charge on any atom is -0.490 e. The highest BCUT2D eigenvalue weighted by molar-refractivity contribution is 5.70. The third-order valence-electron chi connectivity index (χ3n) is 1.86. The standard InChI is InChI=1S/C12H14O3/c1-2-3-8-15-11-6-4-10(5-7-11)9-12(13)14/h2-7H,8-9H2,1H3,(H,13,14)/b3-2+. The van der Waals surface area contributed by atoms with Gasteiger partial charge in [0.25, 0.3) is 0 Å². The molecule has 1 rings (SSSR count). The first-order chi connectivity index (χ1) is 7.22. The van der Waals surface area contributed by atoms with Crippen molar-refractivity contribution in [1.82, 2.24) is 0 Å². The Morgan fingerprint density at radius 1 is 1.40 bits per heavy atom. The van der Waals surface area contributed by atoms with Gasteiger partial charge >= 0.3 is 5.97 Å². The van der Waals surface area contributed by atoms with Gasteiger partial charge in [-0.25, -0.2) is 0 Å². The van der Waals surface area contributed by atoms with Crippen molar-refractivity contribution in [1.29, 1.82) is 0 Å². The van der Waals surface area contributed by atoms with Gasteiger partial charge in [0.2, 0.25) is 0 Å². The molecule has 3 nitrogen and oxygen atoms in total. The van der Waals surface area contributed by atoms with Gasteiger partial charge in [0.05, 0.1) is 6.42 Å². The molecule has 80 valence electrons. The van der Waals surface area contributed by atoms with Gasteiger partial charge in [-0.15, -0.1) is 0 Å². The van der Waals surface area contributed by atoms with Crippen LogP contribution in [0.25, 0.3) is 0 Å². The fourth-order valence-electron chi connectivity index (χ4n) is 1.12. The Hall–Kier alpha value is -1.77. The first-order valence-corrected chi connectivity index (χ1v) is 4.77. The summed E-state index contributed by atoms with van der Waals surface area (Å²) in [6, 6.07) is 7.09. The van der Waals surface area contributed by atoms with E-state index in [2.05, 4.69) is 0 Å². The summed E-state index contributed by atoms with van der Waals surface area (Å²) in [5, 5.41) is 8.57. The molecule has 0 atom stereocenters. The SMILES string of the molecule is C/C=C/COc1ccc(CC(=O)O)cc1. The van der Waals surface area contributed by atoms with Crippen molar-refractivity contribution in [3.8, 4) is 5.75 Å². The summed E-state index contributed by atoms with van der Waals surface area (Å²) in [5.74, 6) is -0.0696. The Morgan fingerprint density at radius 3 is 2.60 bits per heavy atom. The Kier molecular flexibility index (Phi) is 4.41.